The lowest BCUT2D eigenvalue weighted by Gasteiger charge is -2.26. The molecule has 1 saturated carbocycles. The summed E-state index contributed by atoms with van der Waals surface area (Å²) < 4.78 is 10.8. The molecule has 1 heterocycles. The summed E-state index contributed by atoms with van der Waals surface area (Å²) in [5, 5.41) is 2.78. The van der Waals surface area contributed by atoms with Crippen molar-refractivity contribution in [3.8, 4) is 0 Å². The van der Waals surface area contributed by atoms with E-state index in [1.807, 2.05) is 24.3 Å². The molecule has 1 amide bonds. The Balaban J connectivity index is 1.64. The standard InChI is InChI=1S/C15H18N2O3/c1-19-11-8-6-10(7-9-11)14(18)17-15-16-12-4-2-3-5-13(12)20-15/h2-5,10-11H,6-9H2,1H3,(H,16,17,18). The van der Waals surface area contributed by atoms with Crippen molar-refractivity contribution in [3.63, 3.8) is 0 Å². The molecule has 5 nitrogen and oxygen atoms in total. The molecule has 0 unspecified atom stereocenters. The molecule has 1 aliphatic carbocycles. The van der Waals surface area contributed by atoms with Crippen molar-refractivity contribution in [2.75, 3.05) is 12.4 Å². The maximum absolute atomic E-state index is 12.2. The van der Waals surface area contributed by atoms with E-state index in [0.29, 0.717) is 11.7 Å². The van der Waals surface area contributed by atoms with E-state index in [-0.39, 0.29) is 17.8 Å². The van der Waals surface area contributed by atoms with Crippen LogP contribution in [-0.4, -0.2) is 24.1 Å². The van der Waals surface area contributed by atoms with E-state index in [0.717, 1.165) is 31.2 Å². The van der Waals surface area contributed by atoms with E-state index in [2.05, 4.69) is 10.3 Å². The number of rotatable bonds is 3. The van der Waals surface area contributed by atoms with Gasteiger partial charge in [0.2, 0.25) is 5.91 Å². The van der Waals surface area contributed by atoms with Crippen LogP contribution in [-0.2, 0) is 9.53 Å². The second-order valence-corrected chi connectivity index (χ2v) is 5.19. The Kier molecular flexibility index (Phi) is 3.69. The predicted octanol–water partition coefficient (Wildman–Crippen LogP) is 2.97. The maximum atomic E-state index is 12.2. The van der Waals surface area contributed by atoms with Crippen molar-refractivity contribution >= 4 is 23.0 Å². The number of methoxy groups -OCH3 is 1. The SMILES string of the molecule is COC1CCC(C(=O)Nc2nc3ccccc3o2)CC1. The van der Waals surface area contributed by atoms with Crippen molar-refractivity contribution < 1.29 is 13.9 Å². The average Bonchev–Trinajstić information content (AvgIpc) is 2.89. The fourth-order valence-electron chi connectivity index (χ4n) is 2.69. The number of nitrogens with zero attached hydrogens (tertiary/aromatic N) is 1. The summed E-state index contributed by atoms with van der Waals surface area (Å²) in [5.74, 6) is 0.0162. The van der Waals surface area contributed by atoms with Gasteiger partial charge in [0.25, 0.3) is 0 Å². The molecule has 0 radical (unpaired) electrons. The fourth-order valence-corrected chi connectivity index (χ4v) is 2.69. The minimum absolute atomic E-state index is 0.00823. The zero-order valence-corrected chi connectivity index (χ0v) is 11.5. The Morgan fingerprint density at radius 3 is 2.75 bits per heavy atom. The zero-order chi connectivity index (χ0) is 13.9. The van der Waals surface area contributed by atoms with Crippen LogP contribution in [0.4, 0.5) is 6.01 Å². The normalized spacial score (nSPS) is 22.9. The van der Waals surface area contributed by atoms with Gasteiger partial charge in [0.05, 0.1) is 6.10 Å². The van der Waals surface area contributed by atoms with Crippen LogP contribution < -0.4 is 5.32 Å². The number of benzene rings is 1. The molecule has 1 fully saturated rings. The second kappa shape index (κ2) is 5.63. The number of nitrogens with one attached hydrogen (secondary N) is 1. The monoisotopic (exact) mass is 274 g/mol. The van der Waals surface area contributed by atoms with Crippen LogP contribution in [0.3, 0.4) is 0 Å². The smallest absolute Gasteiger partial charge is 0.302 e. The highest BCUT2D eigenvalue weighted by Gasteiger charge is 2.27. The second-order valence-electron chi connectivity index (χ2n) is 5.19. The number of amides is 1. The topological polar surface area (TPSA) is 64.4 Å². The van der Waals surface area contributed by atoms with Crippen LogP contribution in [0, 0.1) is 5.92 Å². The first-order valence-electron chi connectivity index (χ1n) is 6.95. The molecule has 0 atom stereocenters. The molecule has 1 aliphatic rings. The number of aromatic nitrogens is 1. The number of para-hydroxylation sites is 2. The lowest BCUT2D eigenvalue weighted by Crippen LogP contribution is -2.29. The maximum Gasteiger partial charge on any atom is 0.302 e. The Morgan fingerprint density at radius 1 is 1.30 bits per heavy atom. The van der Waals surface area contributed by atoms with Crippen LogP contribution in [0.15, 0.2) is 28.7 Å². The van der Waals surface area contributed by atoms with Crippen molar-refractivity contribution in [1.29, 1.82) is 0 Å². The zero-order valence-electron chi connectivity index (χ0n) is 11.5. The van der Waals surface area contributed by atoms with Crippen LogP contribution >= 0.6 is 0 Å². The van der Waals surface area contributed by atoms with Crippen molar-refractivity contribution in [3.05, 3.63) is 24.3 Å². The lowest BCUT2D eigenvalue weighted by atomic mass is 9.87. The summed E-state index contributed by atoms with van der Waals surface area (Å²) in [6.45, 7) is 0. The number of fused-ring (bicyclic) bond motifs is 1. The van der Waals surface area contributed by atoms with E-state index in [4.69, 9.17) is 9.15 Å². The van der Waals surface area contributed by atoms with Crippen LogP contribution in [0.25, 0.3) is 11.1 Å². The minimum Gasteiger partial charge on any atom is -0.423 e. The molecule has 0 bridgehead atoms. The highest BCUT2D eigenvalue weighted by atomic mass is 16.5. The molecule has 2 aromatic rings. The number of carbonyl (C=O) groups excluding carboxylic acids is 1. The van der Waals surface area contributed by atoms with Gasteiger partial charge in [-0.2, -0.15) is 4.98 Å². The van der Waals surface area contributed by atoms with Crippen LogP contribution in [0.2, 0.25) is 0 Å². The molecule has 106 valence electrons. The van der Waals surface area contributed by atoms with E-state index in [1.54, 1.807) is 7.11 Å². The molecule has 0 aliphatic heterocycles. The Labute approximate surface area is 117 Å². The predicted molar refractivity (Wildman–Crippen MR) is 75.4 cm³/mol. The molecule has 3 rings (SSSR count). The first-order chi connectivity index (χ1) is 9.76. The Hall–Kier alpha value is -1.88. The third-order valence-corrected chi connectivity index (χ3v) is 3.90. The van der Waals surface area contributed by atoms with Gasteiger partial charge in [-0.05, 0) is 37.8 Å². The number of hydrogen-bond donors (Lipinski definition) is 1. The summed E-state index contributed by atoms with van der Waals surface area (Å²) in [7, 11) is 1.73. The summed E-state index contributed by atoms with van der Waals surface area (Å²) in [6, 6.07) is 7.75. The largest absolute Gasteiger partial charge is 0.423 e. The molecule has 5 heteroatoms. The molecule has 20 heavy (non-hydrogen) atoms. The average molecular weight is 274 g/mol. The number of oxazole rings is 1. The number of carbonyl (C=O) groups is 1. The van der Waals surface area contributed by atoms with Gasteiger partial charge in [-0.1, -0.05) is 12.1 Å². The van der Waals surface area contributed by atoms with E-state index >= 15 is 0 Å². The molecule has 1 N–H and O–H groups in total. The fraction of sp³-hybridized carbons (Fsp3) is 0.467. The quantitative estimate of drug-likeness (QED) is 0.934. The summed E-state index contributed by atoms with van der Waals surface area (Å²) in [6.07, 6.45) is 3.86. The van der Waals surface area contributed by atoms with Gasteiger partial charge in [-0.3, -0.25) is 10.1 Å². The van der Waals surface area contributed by atoms with Gasteiger partial charge >= 0.3 is 6.01 Å². The first kappa shape index (κ1) is 13.1. The summed E-state index contributed by atoms with van der Waals surface area (Å²) in [5.41, 5.74) is 1.44. The molecule has 0 saturated heterocycles. The minimum atomic E-state index is -0.00823. The highest BCUT2D eigenvalue weighted by Crippen LogP contribution is 2.27. The summed E-state index contributed by atoms with van der Waals surface area (Å²) >= 11 is 0. The highest BCUT2D eigenvalue weighted by molar-refractivity contribution is 5.91. The van der Waals surface area contributed by atoms with Crippen LogP contribution in [0.1, 0.15) is 25.7 Å². The van der Waals surface area contributed by atoms with E-state index in [1.165, 1.54) is 0 Å². The number of ether oxygens (including phenoxy) is 1. The summed E-state index contributed by atoms with van der Waals surface area (Å²) in [4.78, 5) is 16.4. The first-order valence-corrected chi connectivity index (χ1v) is 6.95. The Bertz CT molecular complexity index is 567. The van der Waals surface area contributed by atoms with Crippen molar-refractivity contribution in [1.82, 2.24) is 4.98 Å². The van der Waals surface area contributed by atoms with Gasteiger partial charge in [-0.25, -0.2) is 0 Å². The lowest BCUT2D eigenvalue weighted by molar-refractivity contribution is -0.121. The van der Waals surface area contributed by atoms with E-state index < -0.39 is 0 Å². The third kappa shape index (κ3) is 2.67. The third-order valence-electron chi connectivity index (χ3n) is 3.90. The van der Waals surface area contributed by atoms with Gasteiger partial charge in [0, 0.05) is 13.0 Å². The van der Waals surface area contributed by atoms with Crippen molar-refractivity contribution in [2.45, 2.75) is 31.8 Å². The molecule has 0 spiro atoms. The number of hydrogen-bond acceptors (Lipinski definition) is 4. The van der Waals surface area contributed by atoms with E-state index in [9.17, 15) is 4.79 Å². The molecular weight excluding hydrogens is 256 g/mol. The van der Waals surface area contributed by atoms with Gasteiger partial charge in [0.1, 0.15) is 5.52 Å². The van der Waals surface area contributed by atoms with Crippen molar-refractivity contribution in [2.24, 2.45) is 5.92 Å². The Morgan fingerprint density at radius 2 is 2.05 bits per heavy atom. The van der Waals surface area contributed by atoms with Crippen LogP contribution in [0.5, 0.6) is 0 Å². The molecular formula is C15H18N2O3. The molecule has 1 aromatic heterocycles. The van der Waals surface area contributed by atoms with Gasteiger partial charge in [-0.15, -0.1) is 0 Å². The number of anilines is 1. The van der Waals surface area contributed by atoms with Gasteiger partial charge < -0.3 is 9.15 Å². The van der Waals surface area contributed by atoms with Gasteiger partial charge in [0.15, 0.2) is 5.58 Å². The molecule has 1 aromatic carbocycles.